The van der Waals surface area contributed by atoms with E-state index in [2.05, 4.69) is 13.8 Å². The van der Waals surface area contributed by atoms with Crippen molar-refractivity contribution in [3.8, 4) is 0 Å². The molecular weight excluding hydrogens is 484 g/mol. The summed E-state index contributed by atoms with van der Waals surface area (Å²) in [5.74, 6) is 1.33. The lowest BCUT2D eigenvalue weighted by molar-refractivity contribution is -0.167. The highest BCUT2D eigenvalue weighted by Crippen LogP contribution is 2.70. The Morgan fingerprint density at radius 1 is 1.03 bits per heavy atom. The Kier molecular flexibility index (Phi) is 6.23. The second-order valence-electron chi connectivity index (χ2n) is 12.5. The minimum atomic E-state index is -0.611. The van der Waals surface area contributed by atoms with Crippen LogP contribution in [0.3, 0.4) is 0 Å². The molecule has 6 heteroatoms. The number of hydrogen-bond donors (Lipinski definition) is 0. The van der Waals surface area contributed by atoms with Gasteiger partial charge in [-0.1, -0.05) is 61.5 Å². The molecule has 3 saturated carbocycles. The van der Waals surface area contributed by atoms with Gasteiger partial charge >= 0.3 is 5.97 Å². The molecule has 5 nitrogen and oxygen atoms in total. The summed E-state index contributed by atoms with van der Waals surface area (Å²) in [5.41, 5.74) is 1.70. The van der Waals surface area contributed by atoms with Crippen LogP contribution in [-0.4, -0.2) is 34.8 Å². The fourth-order valence-corrected chi connectivity index (χ4v) is 10.6. The van der Waals surface area contributed by atoms with Crippen molar-refractivity contribution in [3.05, 3.63) is 47.5 Å². The maximum Gasteiger partial charge on any atom is 0.306 e. The normalized spacial score (nSPS) is 41.4. The molecule has 4 aliphatic carbocycles. The maximum atomic E-state index is 13.8. The summed E-state index contributed by atoms with van der Waals surface area (Å²) in [5, 5.41) is 0.122. The van der Waals surface area contributed by atoms with Crippen LogP contribution in [0.25, 0.3) is 0 Å². The van der Waals surface area contributed by atoms with Gasteiger partial charge < -0.3 is 9.47 Å². The van der Waals surface area contributed by atoms with Gasteiger partial charge in [0, 0.05) is 30.6 Å². The third kappa shape index (κ3) is 3.80. The summed E-state index contributed by atoms with van der Waals surface area (Å²) in [7, 11) is 1.60. The number of methoxy groups -OCH3 is 1. The monoisotopic (exact) mass is 522 g/mol. The smallest absolute Gasteiger partial charge is 0.306 e. The predicted molar refractivity (Wildman–Crippen MR) is 143 cm³/mol. The number of benzene rings is 1. The number of esters is 1. The first kappa shape index (κ1) is 25.4. The van der Waals surface area contributed by atoms with Crippen molar-refractivity contribution in [1.29, 1.82) is 0 Å². The van der Waals surface area contributed by atoms with Crippen molar-refractivity contribution in [2.75, 3.05) is 7.11 Å². The van der Waals surface area contributed by atoms with E-state index >= 15 is 0 Å². The molecular formula is C31H38O5S. The lowest BCUT2D eigenvalue weighted by Crippen LogP contribution is -2.57. The van der Waals surface area contributed by atoms with E-state index in [0.29, 0.717) is 30.6 Å². The van der Waals surface area contributed by atoms with Gasteiger partial charge in [-0.2, -0.15) is 0 Å². The summed E-state index contributed by atoms with van der Waals surface area (Å²) in [6.45, 7) is 4.74. The zero-order chi connectivity index (χ0) is 26.0. The molecule has 4 fully saturated rings. The molecule has 1 aromatic carbocycles. The summed E-state index contributed by atoms with van der Waals surface area (Å²) >= 11 is 1.44. The van der Waals surface area contributed by atoms with Crippen LogP contribution in [0.2, 0.25) is 0 Å². The largest absolute Gasteiger partial charge is 0.458 e. The molecule has 8 atom stereocenters. The minimum absolute atomic E-state index is 0.00219. The van der Waals surface area contributed by atoms with Crippen molar-refractivity contribution < 1.29 is 23.9 Å². The van der Waals surface area contributed by atoms with Crippen molar-refractivity contribution in [3.63, 3.8) is 0 Å². The quantitative estimate of drug-likeness (QED) is 0.437. The first-order valence-corrected chi connectivity index (χ1v) is 14.8. The zero-order valence-electron chi connectivity index (χ0n) is 22.2. The molecule has 0 amide bonds. The number of carbonyl (C=O) groups excluding carboxylic acids is 3. The Morgan fingerprint density at radius 3 is 2.49 bits per heavy atom. The number of rotatable bonds is 4. The van der Waals surface area contributed by atoms with Crippen LogP contribution in [0.4, 0.5) is 0 Å². The van der Waals surface area contributed by atoms with E-state index in [1.807, 2.05) is 36.4 Å². The van der Waals surface area contributed by atoms with Crippen molar-refractivity contribution in [1.82, 2.24) is 0 Å². The molecule has 198 valence electrons. The van der Waals surface area contributed by atoms with Crippen LogP contribution in [0, 0.1) is 28.6 Å². The molecule has 0 N–H and O–H groups in total. The molecule has 0 aromatic heterocycles. The number of fused-ring (bicyclic) bond motifs is 6. The van der Waals surface area contributed by atoms with Gasteiger partial charge in [-0.3, -0.25) is 14.4 Å². The Hall–Kier alpha value is -1.92. The third-order valence-corrected chi connectivity index (χ3v) is 12.3. The van der Waals surface area contributed by atoms with Gasteiger partial charge in [0.2, 0.25) is 5.12 Å². The Bertz CT molecular complexity index is 1150. The highest BCUT2D eigenvalue weighted by atomic mass is 32.2. The fourth-order valence-electron chi connectivity index (χ4n) is 9.12. The highest BCUT2D eigenvalue weighted by Gasteiger charge is 2.68. The zero-order valence-corrected chi connectivity index (χ0v) is 23.0. The molecule has 5 aliphatic rings. The molecule has 6 rings (SSSR count). The average molecular weight is 523 g/mol. The van der Waals surface area contributed by atoms with Crippen molar-refractivity contribution in [2.24, 2.45) is 28.6 Å². The van der Waals surface area contributed by atoms with Gasteiger partial charge in [-0.25, -0.2) is 0 Å². The minimum Gasteiger partial charge on any atom is -0.458 e. The molecule has 0 radical (unpaired) electrons. The van der Waals surface area contributed by atoms with Gasteiger partial charge in [0.25, 0.3) is 0 Å². The molecule has 0 unspecified atom stereocenters. The lowest BCUT2D eigenvalue weighted by Gasteiger charge is -2.61. The molecule has 37 heavy (non-hydrogen) atoms. The van der Waals surface area contributed by atoms with Gasteiger partial charge in [0.15, 0.2) is 11.9 Å². The van der Waals surface area contributed by atoms with Gasteiger partial charge in [-0.05, 0) is 79.8 Å². The van der Waals surface area contributed by atoms with Gasteiger partial charge in [0.05, 0.1) is 0 Å². The van der Waals surface area contributed by atoms with Crippen LogP contribution in [0.1, 0.15) is 83.3 Å². The Morgan fingerprint density at radius 2 is 1.78 bits per heavy atom. The first-order valence-electron chi connectivity index (χ1n) is 13.9. The van der Waals surface area contributed by atoms with Gasteiger partial charge in [-0.15, -0.1) is 0 Å². The second-order valence-corrected chi connectivity index (χ2v) is 13.8. The van der Waals surface area contributed by atoms with E-state index in [9.17, 15) is 14.4 Å². The molecule has 0 bridgehead atoms. The molecule has 1 spiro atoms. The van der Waals surface area contributed by atoms with E-state index in [1.165, 1.54) is 17.3 Å². The van der Waals surface area contributed by atoms with Crippen LogP contribution in [-0.2, 0) is 23.9 Å². The van der Waals surface area contributed by atoms with Crippen LogP contribution < -0.4 is 0 Å². The van der Waals surface area contributed by atoms with Crippen molar-refractivity contribution >= 4 is 28.6 Å². The molecule has 1 heterocycles. The SMILES string of the molecule is CO[C@@H](C(=O)S[C@@H]1CC2=CC(=O)CC[C@]2(C)[C@H]2CC[C@@]3(C)[C@@H](CC[C@@]34CCC(=O)O4)[C@H]12)c1ccccc1. The first-order chi connectivity index (χ1) is 17.7. The number of carbonyl (C=O) groups is 3. The van der Waals surface area contributed by atoms with E-state index in [-0.39, 0.29) is 38.5 Å². The van der Waals surface area contributed by atoms with E-state index in [1.54, 1.807) is 7.11 Å². The number of ether oxygens (including phenoxy) is 2. The highest BCUT2D eigenvalue weighted by molar-refractivity contribution is 8.14. The maximum absolute atomic E-state index is 13.8. The molecule has 1 aliphatic heterocycles. The summed E-state index contributed by atoms with van der Waals surface area (Å²) in [6.07, 6.45) is 8.98. The molecule has 1 aromatic rings. The van der Waals surface area contributed by atoms with Gasteiger partial charge in [0.1, 0.15) is 5.60 Å². The van der Waals surface area contributed by atoms with Crippen LogP contribution in [0.5, 0.6) is 0 Å². The average Bonchev–Trinajstić information content (AvgIpc) is 3.40. The topological polar surface area (TPSA) is 69.7 Å². The number of hydrogen-bond acceptors (Lipinski definition) is 6. The summed E-state index contributed by atoms with van der Waals surface area (Å²) < 4.78 is 11.9. The van der Waals surface area contributed by atoms with Crippen molar-refractivity contribution in [2.45, 2.75) is 88.6 Å². The second kappa shape index (κ2) is 9.08. The third-order valence-electron chi connectivity index (χ3n) is 11.1. The van der Waals surface area contributed by atoms with Crippen LogP contribution >= 0.6 is 11.8 Å². The number of thioether (sulfide) groups is 1. The Labute approximate surface area is 224 Å². The van der Waals surface area contributed by atoms with Crippen LogP contribution in [0.15, 0.2) is 42.0 Å². The van der Waals surface area contributed by atoms with E-state index < -0.39 is 6.10 Å². The number of allylic oxidation sites excluding steroid dienone is 1. The molecule has 1 saturated heterocycles. The number of ketones is 1. The summed E-state index contributed by atoms with van der Waals surface area (Å²) in [6, 6.07) is 9.72. The van der Waals surface area contributed by atoms with E-state index in [0.717, 1.165) is 50.5 Å². The lowest BCUT2D eigenvalue weighted by atomic mass is 9.46. The Balaban J connectivity index is 1.36. The summed E-state index contributed by atoms with van der Waals surface area (Å²) in [4.78, 5) is 38.6. The standard InChI is InChI=1S/C31H38O5S/c1-29-13-9-21(32)17-20(29)18-24(37-28(34)27(35-3)19-7-5-4-6-8-19)26-22(29)10-14-30(2)23(26)11-15-31(30)16-12-25(33)36-31/h4-8,17,22-24,26-27H,9-16,18H2,1-3H3/t22-,23-,24+,26+,27+,29-,30-,31+/m0/s1. The van der Waals surface area contributed by atoms with E-state index in [4.69, 9.17) is 9.47 Å². The fraction of sp³-hybridized carbons (Fsp3) is 0.645. The predicted octanol–water partition coefficient (Wildman–Crippen LogP) is 6.22.